The lowest BCUT2D eigenvalue weighted by molar-refractivity contribution is 0.0853. The topological polar surface area (TPSA) is 25.4 Å². The van der Waals surface area contributed by atoms with Crippen molar-refractivity contribution in [1.29, 1.82) is 0 Å². The molecule has 1 aromatic heterocycles. The Kier molecular flexibility index (Phi) is 4.00. The SMILES string of the molecule is CC(C)c1ccnc(N(C)C2CCOCC2)c1. The van der Waals surface area contributed by atoms with Gasteiger partial charge in [-0.1, -0.05) is 13.8 Å². The van der Waals surface area contributed by atoms with Crippen LogP contribution in [-0.2, 0) is 4.74 Å². The van der Waals surface area contributed by atoms with Crippen molar-refractivity contribution in [1.82, 2.24) is 4.98 Å². The Hall–Kier alpha value is -1.09. The van der Waals surface area contributed by atoms with Crippen LogP contribution in [0.3, 0.4) is 0 Å². The van der Waals surface area contributed by atoms with E-state index in [4.69, 9.17) is 4.74 Å². The molecule has 0 aliphatic carbocycles. The maximum Gasteiger partial charge on any atom is 0.128 e. The highest BCUT2D eigenvalue weighted by atomic mass is 16.5. The van der Waals surface area contributed by atoms with Crippen LogP contribution in [0.1, 0.15) is 38.2 Å². The first kappa shape index (κ1) is 12.4. The van der Waals surface area contributed by atoms with Crippen LogP contribution in [0.15, 0.2) is 18.3 Å². The van der Waals surface area contributed by atoms with Crippen molar-refractivity contribution < 1.29 is 4.74 Å². The monoisotopic (exact) mass is 234 g/mol. The van der Waals surface area contributed by atoms with Crippen molar-refractivity contribution >= 4 is 5.82 Å². The van der Waals surface area contributed by atoms with Crippen molar-refractivity contribution in [2.24, 2.45) is 0 Å². The van der Waals surface area contributed by atoms with E-state index in [0.717, 1.165) is 31.9 Å². The fraction of sp³-hybridized carbons (Fsp3) is 0.643. The first-order chi connectivity index (χ1) is 8.18. The lowest BCUT2D eigenvalue weighted by Gasteiger charge is -2.32. The third kappa shape index (κ3) is 2.97. The Morgan fingerprint density at radius 2 is 2.06 bits per heavy atom. The molecule has 0 saturated carbocycles. The maximum absolute atomic E-state index is 5.40. The van der Waals surface area contributed by atoms with Crippen molar-refractivity contribution in [3.8, 4) is 0 Å². The highest BCUT2D eigenvalue weighted by Crippen LogP contribution is 2.22. The molecule has 2 rings (SSSR count). The second-order valence-electron chi connectivity index (χ2n) is 5.06. The van der Waals surface area contributed by atoms with Crippen molar-refractivity contribution in [3.63, 3.8) is 0 Å². The van der Waals surface area contributed by atoms with Gasteiger partial charge in [0.05, 0.1) is 0 Å². The Balaban J connectivity index is 2.12. The number of ether oxygens (including phenoxy) is 1. The largest absolute Gasteiger partial charge is 0.381 e. The predicted octanol–water partition coefficient (Wildman–Crippen LogP) is 2.82. The second-order valence-corrected chi connectivity index (χ2v) is 5.06. The van der Waals surface area contributed by atoms with Gasteiger partial charge in [0.2, 0.25) is 0 Å². The average Bonchev–Trinajstić information content (AvgIpc) is 2.39. The summed E-state index contributed by atoms with van der Waals surface area (Å²) in [6.45, 7) is 6.18. The Morgan fingerprint density at radius 3 is 2.71 bits per heavy atom. The van der Waals surface area contributed by atoms with E-state index in [2.05, 4.69) is 42.9 Å². The highest BCUT2D eigenvalue weighted by molar-refractivity contribution is 5.42. The van der Waals surface area contributed by atoms with Crippen LogP contribution in [0.5, 0.6) is 0 Å². The van der Waals surface area contributed by atoms with E-state index in [0.29, 0.717) is 12.0 Å². The Bertz CT molecular complexity index is 359. The van der Waals surface area contributed by atoms with Gasteiger partial charge in [0.1, 0.15) is 5.82 Å². The molecule has 1 saturated heterocycles. The fourth-order valence-electron chi connectivity index (χ4n) is 2.25. The molecule has 0 amide bonds. The van der Waals surface area contributed by atoms with Gasteiger partial charge in [-0.05, 0) is 36.5 Å². The summed E-state index contributed by atoms with van der Waals surface area (Å²) in [6.07, 6.45) is 4.12. The van der Waals surface area contributed by atoms with E-state index < -0.39 is 0 Å². The Morgan fingerprint density at radius 1 is 1.35 bits per heavy atom. The van der Waals surface area contributed by atoms with E-state index in [9.17, 15) is 0 Å². The van der Waals surface area contributed by atoms with E-state index >= 15 is 0 Å². The van der Waals surface area contributed by atoms with Gasteiger partial charge in [-0.2, -0.15) is 0 Å². The predicted molar refractivity (Wildman–Crippen MR) is 70.6 cm³/mol. The van der Waals surface area contributed by atoms with Gasteiger partial charge in [-0.3, -0.25) is 0 Å². The molecule has 1 aromatic rings. The van der Waals surface area contributed by atoms with Gasteiger partial charge in [0.15, 0.2) is 0 Å². The molecule has 0 bridgehead atoms. The molecule has 1 aliphatic heterocycles. The quantitative estimate of drug-likeness (QED) is 0.804. The number of rotatable bonds is 3. The first-order valence-corrected chi connectivity index (χ1v) is 6.45. The zero-order chi connectivity index (χ0) is 12.3. The summed E-state index contributed by atoms with van der Waals surface area (Å²) < 4.78 is 5.40. The third-order valence-corrected chi connectivity index (χ3v) is 3.54. The minimum absolute atomic E-state index is 0.555. The van der Waals surface area contributed by atoms with Crippen LogP contribution in [0.2, 0.25) is 0 Å². The molecule has 2 heterocycles. The number of aromatic nitrogens is 1. The standard InChI is InChI=1S/C14H22N2O/c1-11(2)12-4-7-15-14(10-12)16(3)13-5-8-17-9-6-13/h4,7,10-11,13H,5-6,8-9H2,1-3H3. The zero-order valence-corrected chi connectivity index (χ0v) is 11.0. The van der Waals surface area contributed by atoms with Crippen LogP contribution in [0.4, 0.5) is 5.82 Å². The third-order valence-electron chi connectivity index (χ3n) is 3.54. The molecule has 0 N–H and O–H groups in total. The Labute approximate surface area is 104 Å². The van der Waals surface area contributed by atoms with Crippen LogP contribution < -0.4 is 4.90 Å². The summed E-state index contributed by atoms with van der Waals surface area (Å²) in [5, 5.41) is 0. The van der Waals surface area contributed by atoms with Crippen LogP contribution in [0.25, 0.3) is 0 Å². The van der Waals surface area contributed by atoms with Crippen molar-refractivity contribution in [3.05, 3.63) is 23.9 Å². The summed E-state index contributed by atoms with van der Waals surface area (Å²) in [6, 6.07) is 4.88. The second kappa shape index (κ2) is 5.50. The summed E-state index contributed by atoms with van der Waals surface area (Å²) >= 11 is 0. The zero-order valence-electron chi connectivity index (χ0n) is 11.0. The van der Waals surface area contributed by atoms with Crippen LogP contribution in [0, 0.1) is 0 Å². The minimum Gasteiger partial charge on any atom is -0.381 e. The normalized spacial score (nSPS) is 17.4. The molecule has 3 nitrogen and oxygen atoms in total. The van der Waals surface area contributed by atoms with Gasteiger partial charge >= 0.3 is 0 Å². The van der Waals surface area contributed by atoms with E-state index in [1.165, 1.54) is 5.56 Å². The molecular formula is C14H22N2O. The fourth-order valence-corrected chi connectivity index (χ4v) is 2.25. The van der Waals surface area contributed by atoms with E-state index in [1.807, 2.05) is 6.20 Å². The molecule has 94 valence electrons. The number of hydrogen-bond donors (Lipinski definition) is 0. The molecule has 1 aliphatic rings. The number of hydrogen-bond acceptors (Lipinski definition) is 3. The van der Waals surface area contributed by atoms with Crippen LogP contribution >= 0.6 is 0 Å². The molecule has 1 fully saturated rings. The molecule has 0 spiro atoms. The highest BCUT2D eigenvalue weighted by Gasteiger charge is 2.19. The molecule has 0 aromatic carbocycles. The molecule has 3 heteroatoms. The van der Waals surface area contributed by atoms with Crippen molar-refractivity contribution in [2.45, 2.75) is 38.6 Å². The molecule has 0 radical (unpaired) electrons. The van der Waals surface area contributed by atoms with Crippen LogP contribution in [-0.4, -0.2) is 31.3 Å². The van der Waals surface area contributed by atoms with Gasteiger partial charge in [-0.15, -0.1) is 0 Å². The lowest BCUT2D eigenvalue weighted by Crippen LogP contribution is -2.37. The smallest absolute Gasteiger partial charge is 0.128 e. The summed E-state index contributed by atoms with van der Waals surface area (Å²) in [5.74, 6) is 1.64. The molecule has 0 unspecified atom stereocenters. The first-order valence-electron chi connectivity index (χ1n) is 6.45. The van der Waals surface area contributed by atoms with E-state index in [-0.39, 0.29) is 0 Å². The summed E-state index contributed by atoms with van der Waals surface area (Å²) in [5.41, 5.74) is 1.36. The van der Waals surface area contributed by atoms with Gasteiger partial charge in [-0.25, -0.2) is 4.98 Å². The minimum atomic E-state index is 0.555. The molecule has 0 atom stereocenters. The molecule has 17 heavy (non-hydrogen) atoms. The van der Waals surface area contributed by atoms with Gasteiger partial charge in [0.25, 0.3) is 0 Å². The van der Waals surface area contributed by atoms with Gasteiger partial charge in [0, 0.05) is 32.5 Å². The molecular weight excluding hydrogens is 212 g/mol. The van der Waals surface area contributed by atoms with Crippen molar-refractivity contribution in [2.75, 3.05) is 25.2 Å². The summed E-state index contributed by atoms with van der Waals surface area (Å²) in [7, 11) is 2.14. The average molecular weight is 234 g/mol. The lowest BCUT2D eigenvalue weighted by atomic mass is 10.0. The number of anilines is 1. The number of pyridine rings is 1. The maximum atomic E-state index is 5.40. The van der Waals surface area contributed by atoms with Gasteiger partial charge < -0.3 is 9.64 Å². The summed E-state index contributed by atoms with van der Waals surface area (Å²) in [4.78, 5) is 6.78. The number of nitrogens with zero attached hydrogens (tertiary/aromatic N) is 2. The van der Waals surface area contributed by atoms with E-state index in [1.54, 1.807) is 0 Å².